The summed E-state index contributed by atoms with van der Waals surface area (Å²) in [5.41, 5.74) is 14.7. The average Bonchev–Trinajstić information content (AvgIpc) is 3.50. The van der Waals surface area contributed by atoms with E-state index in [0.717, 1.165) is 39.3 Å². The summed E-state index contributed by atoms with van der Waals surface area (Å²) in [4.78, 5) is 11.2. The van der Waals surface area contributed by atoms with Gasteiger partial charge >= 0.3 is 0 Å². The van der Waals surface area contributed by atoms with Crippen molar-refractivity contribution in [2.75, 3.05) is 4.90 Å². The van der Waals surface area contributed by atoms with E-state index in [1.54, 1.807) is 0 Å². The van der Waals surface area contributed by atoms with Crippen LogP contribution >= 0.6 is 0 Å². The summed E-state index contributed by atoms with van der Waals surface area (Å²) in [6, 6.07) is 63.4. The van der Waals surface area contributed by atoms with Gasteiger partial charge in [0, 0.05) is 41.8 Å². The smallest absolute Gasteiger partial charge is 0.0714 e. The number of benzene rings is 6. The lowest BCUT2D eigenvalue weighted by Crippen LogP contribution is -2.28. The fourth-order valence-corrected chi connectivity index (χ4v) is 7.69. The van der Waals surface area contributed by atoms with Crippen molar-refractivity contribution >= 4 is 17.1 Å². The molecule has 0 spiro atoms. The van der Waals surface area contributed by atoms with Gasteiger partial charge in [0.1, 0.15) is 0 Å². The lowest BCUT2D eigenvalue weighted by Gasteiger charge is -2.35. The molecule has 3 heteroatoms. The Morgan fingerprint density at radius 3 is 1.26 bits per heavy atom. The third-order valence-corrected chi connectivity index (χ3v) is 9.92. The van der Waals surface area contributed by atoms with Gasteiger partial charge in [0.05, 0.1) is 5.41 Å². The van der Waals surface area contributed by atoms with Crippen LogP contribution in [0.2, 0.25) is 0 Å². The van der Waals surface area contributed by atoms with E-state index in [0.29, 0.717) is 0 Å². The number of rotatable bonds is 7. The van der Waals surface area contributed by atoms with Crippen LogP contribution in [0.4, 0.5) is 17.1 Å². The van der Waals surface area contributed by atoms with E-state index in [1.165, 1.54) is 33.4 Å². The van der Waals surface area contributed by atoms with Crippen molar-refractivity contribution in [3.05, 3.63) is 223 Å². The number of fused-ring (bicyclic) bond motifs is 3. The summed E-state index contributed by atoms with van der Waals surface area (Å²) in [5, 5.41) is 0. The molecule has 0 N–H and O–H groups in total. The Morgan fingerprint density at radius 1 is 0.360 bits per heavy atom. The molecule has 0 saturated carbocycles. The second kappa shape index (κ2) is 12.5. The molecule has 0 bridgehead atoms. The van der Waals surface area contributed by atoms with Gasteiger partial charge in [0.2, 0.25) is 0 Å². The summed E-state index contributed by atoms with van der Waals surface area (Å²) in [7, 11) is 0. The van der Waals surface area contributed by atoms with E-state index in [4.69, 9.17) is 0 Å². The predicted octanol–water partition coefficient (Wildman–Crippen LogP) is 11.6. The zero-order valence-electron chi connectivity index (χ0n) is 27.4. The molecular formula is C47H33N3. The predicted molar refractivity (Wildman–Crippen MR) is 205 cm³/mol. The zero-order valence-corrected chi connectivity index (χ0v) is 27.4. The Morgan fingerprint density at radius 2 is 0.800 bits per heavy atom. The molecule has 8 aromatic rings. The van der Waals surface area contributed by atoms with Crippen LogP contribution in [0.3, 0.4) is 0 Å². The van der Waals surface area contributed by atoms with Gasteiger partial charge in [-0.25, -0.2) is 0 Å². The topological polar surface area (TPSA) is 29.0 Å². The lowest BCUT2D eigenvalue weighted by atomic mass is 9.67. The van der Waals surface area contributed by atoms with Gasteiger partial charge in [-0.05, 0) is 116 Å². The van der Waals surface area contributed by atoms with E-state index in [2.05, 4.69) is 179 Å². The standard InChI is InChI=1S/C47H33N3/c1-4-14-38(15-5-1)47(39-22-24-42(25-23-39)50(40-16-6-2-7-17-40)41-18-8-3-9-19-41)45-30-34(36-12-10-28-48-32-36)20-26-43(45)44-27-21-35(31-46(44)47)37-13-11-29-49-33-37/h1-33H. The van der Waals surface area contributed by atoms with Crippen molar-refractivity contribution in [3.63, 3.8) is 0 Å². The second-order valence-electron chi connectivity index (χ2n) is 12.7. The SMILES string of the molecule is c1ccc(N(c2ccccc2)c2ccc(C3(c4ccccc4)c4cc(-c5cccnc5)ccc4-c4ccc(-c5cccnc5)cc43)cc2)cc1. The van der Waals surface area contributed by atoms with Crippen LogP contribution in [0, 0.1) is 0 Å². The second-order valence-corrected chi connectivity index (χ2v) is 12.7. The number of hydrogen-bond acceptors (Lipinski definition) is 3. The van der Waals surface area contributed by atoms with E-state index in [1.807, 2.05) is 36.9 Å². The molecule has 236 valence electrons. The first-order valence-electron chi connectivity index (χ1n) is 17.0. The van der Waals surface area contributed by atoms with Crippen LogP contribution in [0.25, 0.3) is 33.4 Å². The zero-order chi connectivity index (χ0) is 33.3. The van der Waals surface area contributed by atoms with Crippen molar-refractivity contribution in [1.82, 2.24) is 9.97 Å². The molecule has 0 atom stereocenters. The van der Waals surface area contributed by atoms with Crippen molar-refractivity contribution < 1.29 is 0 Å². The van der Waals surface area contributed by atoms with Crippen molar-refractivity contribution in [1.29, 1.82) is 0 Å². The number of aromatic nitrogens is 2. The maximum Gasteiger partial charge on any atom is 0.0714 e. The number of hydrogen-bond donors (Lipinski definition) is 0. The first-order valence-corrected chi connectivity index (χ1v) is 17.0. The normalized spacial score (nSPS) is 12.6. The van der Waals surface area contributed by atoms with Crippen molar-refractivity contribution in [2.24, 2.45) is 0 Å². The molecule has 1 aliphatic carbocycles. The molecule has 0 aliphatic heterocycles. The Labute approximate surface area is 292 Å². The summed E-state index contributed by atoms with van der Waals surface area (Å²) < 4.78 is 0. The highest BCUT2D eigenvalue weighted by Gasteiger charge is 2.46. The maximum atomic E-state index is 4.46. The highest BCUT2D eigenvalue weighted by molar-refractivity contribution is 5.90. The highest BCUT2D eigenvalue weighted by Crippen LogP contribution is 2.57. The Kier molecular flexibility index (Phi) is 7.37. The first-order chi connectivity index (χ1) is 24.8. The molecular weight excluding hydrogens is 607 g/mol. The van der Waals surface area contributed by atoms with Gasteiger partial charge in [-0.1, -0.05) is 115 Å². The van der Waals surface area contributed by atoms with Crippen LogP contribution in [0.15, 0.2) is 201 Å². The maximum absolute atomic E-state index is 4.46. The third-order valence-electron chi connectivity index (χ3n) is 9.92. The van der Waals surface area contributed by atoms with E-state index < -0.39 is 5.41 Å². The van der Waals surface area contributed by atoms with Gasteiger partial charge < -0.3 is 4.90 Å². The molecule has 0 amide bonds. The molecule has 9 rings (SSSR count). The van der Waals surface area contributed by atoms with Gasteiger partial charge in [0.15, 0.2) is 0 Å². The molecule has 2 aromatic heterocycles. The van der Waals surface area contributed by atoms with Crippen molar-refractivity contribution in [3.8, 4) is 33.4 Å². The molecule has 1 aliphatic rings. The third kappa shape index (κ3) is 4.91. The van der Waals surface area contributed by atoms with Gasteiger partial charge in [0.25, 0.3) is 0 Å². The van der Waals surface area contributed by atoms with Gasteiger partial charge in [-0.15, -0.1) is 0 Å². The quantitative estimate of drug-likeness (QED) is 0.174. The minimum Gasteiger partial charge on any atom is -0.311 e. The highest BCUT2D eigenvalue weighted by atomic mass is 15.1. The fraction of sp³-hybridized carbons (Fsp3) is 0.0213. The van der Waals surface area contributed by atoms with Gasteiger partial charge in [-0.3, -0.25) is 9.97 Å². The number of nitrogens with zero attached hydrogens (tertiary/aromatic N) is 3. The van der Waals surface area contributed by atoms with Crippen LogP contribution in [0.5, 0.6) is 0 Å². The monoisotopic (exact) mass is 639 g/mol. The molecule has 0 fully saturated rings. The lowest BCUT2D eigenvalue weighted by molar-refractivity contribution is 0.769. The molecule has 6 aromatic carbocycles. The number of pyridine rings is 2. The average molecular weight is 640 g/mol. The van der Waals surface area contributed by atoms with E-state index in [-0.39, 0.29) is 0 Å². The van der Waals surface area contributed by atoms with Gasteiger partial charge in [-0.2, -0.15) is 0 Å². The molecule has 3 nitrogen and oxygen atoms in total. The number of anilines is 3. The molecule has 50 heavy (non-hydrogen) atoms. The Bertz CT molecular complexity index is 2260. The minimum absolute atomic E-state index is 0.578. The van der Waals surface area contributed by atoms with Crippen LogP contribution < -0.4 is 4.90 Å². The Balaban J connectivity index is 1.30. The summed E-state index contributed by atoms with van der Waals surface area (Å²) in [6.45, 7) is 0. The fourth-order valence-electron chi connectivity index (χ4n) is 7.69. The Hall–Kier alpha value is -6.58. The molecule has 0 unspecified atom stereocenters. The summed E-state index contributed by atoms with van der Waals surface area (Å²) in [6.07, 6.45) is 7.56. The molecule has 0 radical (unpaired) electrons. The molecule has 2 heterocycles. The van der Waals surface area contributed by atoms with Crippen LogP contribution in [0.1, 0.15) is 22.3 Å². The number of para-hydroxylation sites is 2. The summed E-state index contributed by atoms with van der Waals surface area (Å²) >= 11 is 0. The van der Waals surface area contributed by atoms with Crippen molar-refractivity contribution in [2.45, 2.75) is 5.41 Å². The molecule has 0 saturated heterocycles. The summed E-state index contributed by atoms with van der Waals surface area (Å²) in [5.74, 6) is 0. The van der Waals surface area contributed by atoms with Crippen LogP contribution in [-0.4, -0.2) is 9.97 Å². The van der Waals surface area contributed by atoms with E-state index >= 15 is 0 Å². The van der Waals surface area contributed by atoms with Crippen LogP contribution in [-0.2, 0) is 5.41 Å². The van der Waals surface area contributed by atoms with E-state index in [9.17, 15) is 0 Å². The minimum atomic E-state index is -0.578. The largest absolute Gasteiger partial charge is 0.311 e. The first kappa shape index (κ1) is 29.6.